The number of rotatable bonds is 8. The lowest BCUT2D eigenvalue weighted by atomic mass is 10.2. The summed E-state index contributed by atoms with van der Waals surface area (Å²) in [6, 6.07) is 11.1. The zero-order chi connectivity index (χ0) is 21.4. The van der Waals surface area contributed by atoms with Crippen molar-refractivity contribution in [2.45, 2.75) is 13.1 Å². The Morgan fingerprint density at radius 2 is 1.55 bits per heavy atom. The van der Waals surface area contributed by atoms with Gasteiger partial charge in [-0.05, 0) is 42.9 Å². The molecule has 0 saturated heterocycles. The number of hydrogen-bond donors (Lipinski definition) is 2. The maximum Gasteiger partial charge on any atom is 0.416 e. The summed E-state index contributed by atoms with van der Waals surface area (Å²) >= 11 is 0. The molecule has 0 aromatic heterocycles. The predicted octanol–water partition coefficient (Wildman–Crippen LogP) is 3.61. The summed E-state index contributed by atoms with van der Waals surface area (Å²) in [7, 11) is 1.49. The van der Waals surface area contributed by atoms with Gasteiger partial charge in [0.15, 0.2) is 0 Å². The van der Waals surface area contributed by atoms with Crippen molar-refractivity contribution >= 4 is 23.2 Å². The summed E-state index contributed by atoms with van der Waals surface area (Å²) in [6.07, 6.45) is -4.43. The average molecular weight is 409 g/mol. The molecule has 2 rings (SSSR count). The minimum atomic E-state index is -4.43. The first kappa shape index (κ1) is 22.2. The van der Waals surface area contributed by atoms with E-state index in [-0.39, 0.29) is 24.7 Å². The summed E-state index contributed by atoms with van der Waals surface area (Å²) < 4.78 is 42.9. The molecule has 6 nitrogen and oxygen atoms in total. The second-order valence-electron chi connectivity index (χ2n) is 6.18. The van der Waals surface area contributed by atoms with Gasteiger partial charge in [-0.15, -0.1) is 0 Å². The minimum Gasteiger partial charge on any atom is -0.495 e. The van der Waals surface area contributed by atoms with E-state index in [4.69, 9.17) is 4.74 Å². The van der Waals surface area contributed by atoms with Crippen molar-refractivity contribution in [2.75, 3.05) is 37.4 Å². The lowest BCUT2D eigenvalue weighted by molar-refractivity contribution is -0.137. The third kappa shape index (κ3) is 6.79. The molecular weight excluding hydrogens is 387 g/mol. The number of carbonyl (C=O) groups excluding carboxylic acids is 2. The fourth-order valence-electron chi connectivity index (χ4n) is 2.57. The van der Waals surface area contributed by atoms with Crippen LogP contribution >= 0.6 is 0 Å². The van der Waals surface area contributed by atoms with Crippen molar-refractivity contribution in [3.8, 4) is 5.75 Å². The molecule has 156 valence electrons. The van der Waals surface area contributed by atoms with Crippen molar-refractivity contribution in [1.29, 1.82) is 0 Å². The van der Waals surface area contributed by atoms with Crippen LogP contribution in [-0.2, 0) is 15.8 Å². The van der Waals surface area contributed by atoms with E-state index in [1.807, 2.05) is 0 Å². The number of alkyl halides is 3. The Labute approximate surface area is 166 Å². The van der Waals surface area contributed by atoms with E-state index in [1.165, 1.54) is 19.2 Å². The third-order valence-electron chi connectivity index (χ3n) is 4.06. The fourth-order valence-corrected chi connectivity index (χ4v) is 2.57. The number of halogens is 3. The van der Waals surface area contributed by atoms with Crippen molar-refractivity contribution in [3.63, 3.8) is 0 Å². The smallest absolute Gasteiger partial charge is 0.416 e. The molecule has 0 bridgehead atoms. The number of amides is 2. The van der Waals surface area contributed by atoms with E-state index in [2.05, 4.69) is 10.6 Å². The van der Waals surface area contributed by atoms with E-state index in [1.54, 1.807) is 36.1 Å². The molecule has 0 aliphatic rings. The van der Waals surface area contributed by atoms with Crippen molar-refractivity contribution < 1.29 is 27.5 Å². The molecular formula is C20H22F3N3O3. The Hall–Kier alpha value is -3.07. The third-order valence-corrected chi connectivity index (χ3v) is 4.06. The topological polar surface area (TPSA) is 70.7 Å². The summed E-state index contributed by atoms with van der Waals surface area (Å²) in [5.41, 5.74) is -0.0264. The molecule has 0 spiro atoms. The number of benzene rings is 2. The molecule has 0 unspecified atom stereocenters. The number of anilines is 2. The van der Waals surface area contributed by atoms with Crippen molar-refractivity contribution in [2.24, 2.45) is 0 Å². The van der Waals surface area contributed by atoms with E-state index >= 15 is 0 Å². The first-order valence-corrected chi connectivity index (χ1v) is 8.85. The first-order valence-electron chi connectivity index (χ1n) is 8.85. The normalized spacial score (nSPS) is 11.2. The minimum absolute atomic E-state index is 0.0328. The van der Waals surface area contributed by atoms with Crippen molar-refractivity contribution in [1.82, 2.24) is 4.90 Å². The zero-order valence-electron chi connectivity index (χ0n) is 16.0. The van der Waals surface area contributed by atoms with Gasteiger partial charge in [-0.3, -0.25) is 14.5 Å². The molecule has 2 aromatic rings. The van der Waals surface area contributed by atoms with Crippen LogP contribution < -0.4 is 15.4 Å². The molecule has 0 fully saturated rings. The van der Waals surface area contributed by atoms with Gasteiger partial charge < -0.3 is 15.4 Å². The molecule has 0 radical (unpaired) electrons. The van der Waals surface area contributed by atoms with Crippen LogP contribution in [0.25, 0.3) is 0 Å². The Kier molecular flexibility index (Phi) is 7.60. The number of carbonyl (C=O) groups is 2. The molecule has 2 amide bonds. The Morgan fingerprint density at radius 1 is 0.966 bits per heavy atom. The molecule has 29 heavy (non-hydrogen) atoms. The second kappa shape index (κ2) is 9.92. The second-order valence-corrected chi connectivity index (χ2v) is 6.18. The molecule has 0 aliphatic carbocycles. The van der Waals surface area contributed by atoms with Crippen LogP contribution in [0.1, 0.15) is 12.5 Å². The maximum atomic E-state index is 12.6. The van der Waals surface area contributed by atoms with Gasteiger partial charge in [-0.25, -0.2) is 0 Å². The molecule has 0 heterocycles. The van der Waals surface area contributed by atoms with Gasteiger partial charge in [0.05, 0.1) is 31.5 Å². The number of hydrogen-bond acceptors (Lipinski definition) is 4. The molecule has 0 aliphatic heterocycles. The highest BCUT2D eigenvalue weighted by molar-refractivity contribution is 5.95. The van der Waals surface area contributed by atoms with Gasteiger partial charge in [0.1, 0.15) is 5.75 Å². The van der Waals surface area contributed by atoms with Gasteiger partial charge in [-0.1, -0.05) is 19.1 Å². The highest BCUT2D eigenvalue weighted by Gasteiger charge is 2.30. The number of likely N-dealkylation sites (N-methyl/N-ethyl adjacent to an activating group) is 1. The van der Waals surface area contributed by atoms with Gasteiger partial charge in [0.25, 0.3) is 0 Å². The van der Waals surface area contributed by atoms with E-state index < -0.39 is 17.6 Å². The number of ether oxygens (including phenoxy) is 1. The largest absolute Gasteiger partial charge is 0.495 e. The Morgan fingerprint density at radius 3 is 2.10 bits per heavy atom. The Balaban J connectivity index is 1.90. The number of nitrogens with one attached hydrogen (secondary N) is 2. The lowest BCUT2D eigenvalue weighted by Gasteiger charge is -2.20. The zero-order valence-corrected chi connectivity index (χ0v) is 16.0. The quantitative estimate of drug-likeness (QED) is 0.699. The van der Waals surface area contributed by atoms with Crippen LogP contribution in [0.15, 0.2) is 48.5 Å². The average Bonchev–Trinajstić information content (AvgIpc) is 2.67. The monoisotopic (exact) mass is 409 g/mol. The van der Waals surface area contributed by atoms with Crippen LogP contribution in [0.5, 0.6) is 5.75 Å². The summed E-state index contributed by atoms with van der Waals surface area (Å²) in [5, 5.41) is 5.25. The van der Waals surface area contributed by atoms with Crippen LogP contribution in [0.4, 0.5) is 24.5 Å². The summed E-state index contributed by atoms with van der Waals surface area (Å²) in [4.78, 5) is 26.1. The van der Waals surface area contributed by atoms with Gasteiger partial charge in [-0.2, -0.15) is 13.2 Å². The lowest BCUT2D eigenvalue weighted by Crippen LogP contribution is -2.38. The maximum absolute atomic E-state index is 12.6. The molecule has 2 aromatic carbocycles. The highest BCUT2D eigenvalue weighted by atomic mass is 19.4. The van der Waals surface area contributed by atoms with E-state index in [0.29, 0.717) is 18.0 Å². The number of para-hydroxylation sites is 2. The van der Waals surface area contributed by atoms with Crippen molar-refractivity contribution in [3.05, 3.63) is 54.1 Å². The first-order chi connectivity index (χ1) is 13.7. The summed E-state index contributed by atoms with van der Waals surface area (Å²) in [5.74, 6) is -0.237. The van der Waals surface area contributed by atoms with Crippen LogP contribution in [0.3, 0.4) is 0 Å². The highest BCUT2D eigenvalue weighted by Crippen LogP contribution is 2.29. The summed E-state index contributed by atoms with van der Waals surface area (Å²) in [6.45, 7) is 2.10. The van der Waals surface area contributed by atoms with Crippen LogP contribution in [-0.4, -0.2) is 43.5 Å². The fraction of sp³-hybridized carbons (Fsp3) is 0.300. The van der Waals surface area contributed by atoms with Gasteiger partial charge in [0.2, 0.25) is 11.8 Å². The standard InChI is InChI=1S/C20H22F3N3O3/c1-3-26(13-19(28)25-16-6-4-5-7-17(16)29-2)12-18(27)24-15-10-8-14(9-11-15)20(21,22)23/h4-11H,3,12-13H2,1-2H3,(H,24,27)(H,25,28). The van der Waals surface area contributed by atoms with Gasteiger partial charge in [0, 0.05) is 5.69 Å². The SMILES string of the molecule is CCN(CC(=O)Nc1ccc(C(F)(F)F)cc1)CC(=O)Nc1ccccc1OC. The Bertz CT molecular complexity index is 839. The molecule has 9 heteroatoms. The molecule has 0 saturated carbocycles. The van der Waals surface area contributed by atoms with E-state index in [9.17, 15) is 22.8 Å². The van der Waals surface area contributed by atoms with Gasteiger partial charge >= 0.3 is 6.18 Å². The molecule has 2 N–H and O–H groups in total. The molecule has 0 atom stereocenters. The number of nitrogens with zero attached hydrogens (tertiary/aromatic N) is 1. The van der Waals surface area contributed by atoms with Crippen LogP contribution in [0, 0.1) is 0 Å². The van der Waals surface area contributed by atoms with E-state index in [0.717, 1.165) is 12.1 Å². The van der Waals surface area contributed by atoms with Crippen LogP contribution in [0.2, 0.25) is 0 Å². The number of methoxy groups -OCH3 is 1. The predicted molar refractivity (Wildman–Crippen MR) is 104 cm³/mol.